The Bertz CT molecular complexity index is 2780. The summed E-state index contributed by atoms with van der Waals surface area (Å²) in [6, 6.07) is 27.2. The van der Waals surface area contributed by atoms with E-state index in [1.165, 1.54) is 11.4 Å². The summed E-state index contributed by atoms with van der Waals surface area (Å²) in [5, 5.41) is 16.9. The quantitative estimate of drug-likeness (QED) is 0.153. The van der Waals surface area contributed by atoms with E-state index in [9.17, 15) is 23.6 Å². The lowest BCUT2D eigenvalue weighted by atomic mass is 9.76. The number of nitriles is 1. The molecule has 1 atom stereocenters. The van der Waals surface area contributed by atoms with E-state index in [1.807, 2.05) is 47.4 Å². The molecule has 1 aliphatic carbocycles. The number of carbonyl (C=O) groups is 2. The van der Waals surface area contributed by atoms with E-state index in [2.05, 4.69) is 61.5 Å². The maximum absolute atomic E-state index is 14.5. The summed E-state index contributed by atoms with van der Waals surface area (Å²) in [5.74, 6) is 0.493. The number of likely N-dealkylation sites (tertiary alicyclic amines) is 1. The first kappa shape index (κ1) is 44.8. The van der Waals surface area contributed by atoms with Gasteiger partial charge in [-0.1, -0.05) is 35.9 Å². The summed E-state index contributed by atoms with van der Waals surface area (Å²) in [5.41, 5.74) is 8.99. The second kappa shape index (κ2) is 18.0. The monoisotopic (exact) mass is 938 g/mol. The van der Waals surface area contributed by atoms with Crippen molar-refractivity contribution in [3.63, 3.8) is 0 Å². The van der Waals surface area contributed by atoms with E-state index >= 15 is 0 Å². The molecule has 1 spiro atoms. The zero-order valence-electron chi connectivity index (χ0n) is 39.3. The van der Waals surface area contributed by atoms with Crippen LogP contribution in [0.3, 0.4) is 0 Å². The van der Waals surface area contributed by atoms with E-state index in [1.54, 1.807) is 13.0 Å². The molecule has 4 saturated heterocycles. The maximum atomic E-state index is 14.5. The number of aromatic nitrogens is 2. The molecule has 6 aliphatic rings. The number of hydrogen-bond donors (Lipinski definition) is 0. The lowest BCUT2D eigenvalue weighted by molar-refractivity contribution is -0.137. The number of alkyl halides is 2. The van der Waals surface area contributed by atoms with E-state index in [4.69, 9.17) is 16.7 Å². The van der Waals surface area contributed by atoms with Crippen LogP contribution in [0.4, 0.5) is 25.8 Å². The summed E-state index contributed by atoms with van der Waals surface area (Å²) in [7, 11) is 0. The Kier molecular flexibility index (Phi) is 11.9. The number of anilines is 3. The highest BCUT2D eigenvalue weighted by Gasteiger charge is 2.44. The van der Waals surface area contributed by atoms with Gasteiger partial charge in [0.15, 0.2) is 0 Å². The minimum atomic E-state index is -2.56. The second-order valence-corrected chi connectivity index (χ2v) is 21.2. The molecule has 5 aromatic rings. The highest BCUT2D eigenvalue weighted by Crippen LogP contribution is 2.48. The van der Waals surface area contributed by atoms with Gasteiger partial charge in [0.25, 0.3) is 6.43 Å². The summed E-state index contributed by atoms with van der Waals surface area (Å²) < 4.78 is 31.2. The third-order valence-electron chi connectivity index (χ3n) is 16.7. The first-order valence-corrected chi connectivity index (χ1v) is 25.4. The Balaban J connectivity index is 0.704. The van der Waals surface area contributed by atoms with Gasteiger partial charge in [0.2, 0.25) is 11.8 Å². The van der Waals surface area contributed by atoms with Crippen LogP contribution in [0.1, 0.15) is 118 Å². The van der Waals surface area contributed by atoms with Crippen molar-refractivity contribution in [2.75, 3.05) is 67.1 Å². The van der Waals surface area contributed by atoms with Crippen molar-refractivity contribution in [2.24, 2.45) is 11.3 Å². The number of fused-ring (bicyclic) bond motifs is 2. The van der Waals surface area contributed by atoms with Crippen molar-refractivity contribution in [1.29, 1.82) is 5.26 Å². The van der Waals surface area contributed by atoms with Crippen molar-refractivity contribution in [3.8, 4) is 17.3 Å². The molecule has 0 unspecified atom stereocenters. The number of carbonyl (C=O) groups excluding carboxylic acids is 2. The molecule has 68 heavy (non-hydrogen) atoms. The largest absolute Gasteiger partial charge is 0.371 e. The molecule has 6 heterocycles. The Morgan fingerprint density at radius 3 is 2.16 bits per heavy atom. The molecule has 10 nitrogen and oxygen atoms in total. The Hall–Kier alpha value is -5.67. The fourth-order valence-corrected chi connectivity index (χ4v) is 12.8. The van der Waals surface area contributed by atoms with Gasteiger partial charge in [-0.15, -0.1) is 0 Å². The topological polar surface area (TPSA) is 91.9 Å². The fourth-order valence-electron chi connectivity index (χ4n) is 12.6. The van der Waals surface area contributed by atoms with Gasteiger partial charge in [0, 0.05) is 124 Å². The highest BCUT2D eigenvalue weighted by atomic mass is 35.5. The van der Waals surface area contributed by atoms with Crippen LogP contribution in [-0.2, 0) is 22.6 Å². The molecule has 5 fully saturated rings. The van der Waals surface area contributed by atoms with E-state index in [-0.39, 0.29) is 40.7 Å². The molecule has 0 radical (unpaired) electrons. The molecule has 0 N–H and O–H groups in total. The number of nitrogens with zero attached hydrogens (tertiary/aromatic N) is 8. The maximum Gasteiger partial charge on any atom is 0.264 e. The van der Waals surface area contributed by atoms with E-state index < -0.39 is 6.43 Å². The Morgan fingerprint density at radius 2 is 1.51 bits per heavy atom. The third-order valence-corrected chi connectivity index (χ3v) is 17.0. The van der Waals surface area contributed by atoms with Crippen LogP contribution in [0, 0.1) is 22.7 Å². The normalized spacial score (nSPS) is 21.2. The first-order chi connectivity index (χ1) is 33.0. The van der Waals surface area contributed by atoms with Crippen LogP contribution in [0.15, 0.2) is 72.8 Å². The van der Waals surface area contributed by atoms with Gasteiger partial charge in [0.05, 0.1) is 22.3 Å². The summed E-state index contributed by atoms with van der Waals surface area (Å²) >= 11 is 6.42. The zero-order chi connectivity index (χ0) is 46.8. The molecular weight excluding hydrogens is 878 g/mol. The van der Waals surface area contributed by atoms with Crippen LogP contribution in [0.5, 0.6) is 0 Å². The second-order valence-electron chi connectivity index (χ2n) is 20.8. The molecule has 5 aliphatic heterocycles. The molecule has 0 bridgehead atoms. The van der Waals surface area contributed by atoms with Crippen LogP contribution >= 0.6 is 11.6 Å². The Morgan fingerprint density at radius 1 is 0.824 bits per heavy atom. The fraction of sp³-hybridized carbons (Fsp3) is 0.491. The van der Waals surface area contributed by atoms with Crippen LogP contribution < -0.4 is 14.7 Å². The van der Waals surface area contributed by atoms with Crippen LogP contribution in [0.25, 0.3) is 22.0 Å². The lowest BCUT2D eigenvalue weighted by Crippen LogP contribution is -2.46. The van der Waals surface area contributed by atoms with Crippen molar-refractivity contribution < 1.29 is 18.4 Å². The predicted molar refractivity (Wildman–Crippen MR) is 265 cm³/mol. The van der Waals surface area contributed by atoms with Crippen LogP contribution in [-0.4, -0.2) is 89.8 Å². The minimum Gasteiger partial charge on any atom is -0.371 e. The van der Waals surface area contributed by atoms with Gasteiger partial charge in [-0.25, -0.2) is 8.78 Å². The van der Waals surface area contributed by atoms with Crippen molar-refractivity contribution >= 4 is 51.2 Å². The van der Waals surface area contributed by atoms with Gasteiger partial charge in [-0.3, -0.25) is 14.3 Å². The number of hydrogen-bond acceptors (Lipinski definition) is 7. The molecule has 4 aromatic carbocycles. The summed E-state index contributed by atoms with van der Waals surface area (Å²) in [4.78, 5) is 38.1. The minimum absolute atomic E-state index is 0.0115. The van der Waals surface area contributed by atoms with E-state index in [0.29, 0.717) is 49.2 Å². The molecule has 2 amide bonds. The molecule has 1 saturated carbocycles. The smallest absolute Gasteiger partial charge is 0.264 e. The third kappa shape index (κ3) is 8.37. The number of halogens is 3. The van der Waals surface area contributed by atoms with Gasteiger partial charge in [-0.2, -0.15) is 10.4 Å². The molecule has 11 rings (SSSR count). The number of rotatable bonds is 8. The zero-order valence-corrected chi connectivity index (χ0v) is 40.0. The van der Waals surface area contributed by atoms with Crippen molar-refractivity contribution in [3.05, 3.63) is 106 Å². The summed E-state index contributed by atoms with van der Waals surface area (Å²) in [6.07, 6.45) is 6.73. The van der Waals surface area contributed by atoms with Crippen molar-refractivity contribution in [1.82, 2.24) is 19.6 Å². The highest BCUT2D eigenvalue weighted by molar-refractivity contribution is 6.32. The van der Waals surface area contributed by atoms with Gasteiger partial charge in [0.1, 0.15) is 6.07 Å². The predicted octanol–water partition coefficient (Wildman–Crippen LogP) is 10.9. The van der Waals surface area contributed by atoms with E-state index in [0.717, 1.165) is 135 Å². The van der Waals surface area contributed by atoms with Gasteiger partial charge < -0.3 is 24.5 Å². The van der Waals surface area contributed by atoms with Crippen LogP contribution in [0.2, 0.25) is 5.02 Å². The van der Waals surface area contributed by atoms with Crippen molar-refractivity contribution in [2.45, 2.75) is 109 Å². The molecular formula is C55H61ClF2N8O2. The number of benzene rings is 4. The molecule has 354 valence electrons. The molecule has 13 heteroatoms. The SMILES string of the molecule is CC(=O)N1CCc2c(c(-c3cccc4cc(C5CC5)c(C(F)F)cc34)nn2C2CCN(C(=O)C3CCN(c4ccc(N5CCC6(CC5)C[C@H](C)N(c5ccc(C#N)c(Cl)c5)C6)cc4)CC3)CC2)C1. The Labute approximate surface area is 403 Å². The number of piperidine rings is 3. The lowest BCUT2D eigenvalue weighted by Gasteiger charge is -2.41. The average Bonchev–Trinajstić information content (AvgIpc) is 4.07. The number of amides is 2. The summed E-state index contributed by atoms with van der Waals surface area (Å²) in [6.45, 7) is 11.1. The van der Waals surface area contributed by atoms with Gasteiger partial charge >= 0.3 is 0 Å². The standard InChI is InChI=1S/C55H61ClF2N8O2/c1-35-31-55(34-65(35)44-9-8-40(32-59)50(56)29-44)19-26-62(27-20-55)42-12-10-41(11-13-42)61-21-14-38(15-22-61)54(68)63-23-16-43(17-24-63)66-51-18-25-64(36(2)67)33-49(51)52(60-66)45-5-3-4-39-28-46(37-6-7-37)48(53(57)58)30-47(39)45/h3-5,8-13,28-30,35,37-38,43,53H,6-7,14-27,31,33-34H2,1-2H3/t35-/m0/s1. The molecule has 1 aromatic heterocycles. The average molecular weight is 940 g/mol. The first-order valence-electron chi connectivity index (χ1n) is 25.0. The van der Waals surface area contributed by atoms with Gasteiger partial charge in [-0.05, 0) is 141 Å².